The van der Waals surface area contributed by atoms with Crippen molar-refractivity contribution in [2.24, 2.45) is 5.73 Å². The molecule has 12 heavy (non-hydrogen) atoms. The van der Waals surface area contributed by atoms with Gasteiger partial charge in [-0.3, -0.25) is 4.79 Å². The fourth-order valence-electron chi connectivity index (χ4n) is 0.897. The lowest BCUT2D eigenvalue weighted by Gasteiger charge is -2.13. The molecule has 0 heterocycles. The van der Waals surface area contributed by atoms with Gasteiger partial charge >= 0.3 is 5.97 Å². The van der Waals surface area contributed by atoms with Crippen LogP contribution in [0, 0.1) is 0 Å². The Morgan fingerprint density at radius 2 is 2.08 bits per heavy atom. The number of hydrogen-bond acceptors (Lipinski definition) is 3. The van der Waals surface area contributed by atoms with Crippen LogP contribution in [0.15, 0.2) is 0 Å². The van der Waals surface area contributed by atoms with Crippen molar-refractivity contribution in [1.82, 2.24) is 0 Å². The Labute approximate surface area is 72.4 Å². The maximum Gasteiger partial charge on any atom is 0.303 e. The Morgan fingerprint density at radius 3 is 2.50 bits per heavy atom. The first-order chi connectivity index (χ1) is 5.54. The van der Waals surface area contributed by atoms with Gasteiger partial charge in [-0.1, -0.05) is 6.42 Å². The number of carbonyl (C=O) groups is 1. The fourth-order valence-corrected chi connectivity index (χ4v) is 0.897. The molecule has 72 valence electrons. The standard InChI is InChI=1S/C8H17NO3/c1-6(10)7(9)4-2-3-5-8(11)12/h6-7,10H,2-5,9H2,1H3,(H,11,12)/t6-,7+/m0/s1. The minimum Gasteiger partial charge on any atom is -0.481 e. The van der Waals surface area contributed by atoms with E-state index in [0.717, 1.165) is 6.42 Å². The molecule has 0 fully saturated rings. The van der Waals surface area contributed by atoms with Crippen molar-refractivity contribution in [3.63, 3.8) is 0 Å². The Balaban J connectivity index is 3.25. The lowest BCUT2D eigenvalue weighted by atomic mass is 10.1. The molecule has 0 bridgehead atoms. The molecule has 4 heteroatoms. The van der Waals surface area contributed by atoms with E-state index in [0.29, 0.717) is 12.8 Å². The summed E-state index contributed by atoms with van der Waals surface area (Å²) in [5.74, 6) is -0.777. The van der Waals surface area contributed by atoms with Crippen LogP contribution in [0.4, 0.5) is 0 Å². The van der Waals surface area contributed by atoms with Gasteiger partial charge in [0, 0.05) is 12.5 Å². The Bertz CT molecular complexity index is 136. The highest BCUT2D eigenvalue weighted by molar-refractivity contribution is 5.66. The van der Waals surface area contributed by atoms with Crippen LogP contribution in [0.25, 0.3) is 0 Å². The summed E-state index contributed by atoms with van der Waals surface area (Å²) in [6.07, 6.45) is 1.76. The van der Waals surface area contributed by atoms with Crippen LogP contribution in [0.3, 0.4) is 0 Å². The van der Waals surface area contributed by atoms with Crippen LogP contribution >= 0.6 is 0 Å². The predicted molar refractivity (Wildman–Crippen MR) is 45.8 cm³/mol. The summed E-state index contributed by atoms with van der Waals surface area (Å²) in [6.45, 7) is 1.64. The highest BCUT2D eigenvalue weighted by Crippen LogP contribution is 2.04. The Morgan fingerprint density at radius 1 is 1.50 bits per heavy atom. The topological polar surface area (TPSA) is 83.5 Å². The zero-order chi connectivity index (χ0) is 9.56. The molecule has 0 aliphatic rings. The summed E-state index contributed by atoms with van der Waals surface area (Å²) in [5, 5.41) is 17.3. The van der Waals surface area contributed by atoms with E-state index in [-0.39, 0.29) is 12.5 Å². The quantitative estimate of drug-likeness (QED) is 0.508. The number of aliphatic hydroxyl groups excluding tert-OH is 1. The summed E-state index contributed by atoms with van der Waals surface area (Å²) in [6, 6.07) is -0.223. The van der Waals surface area contributed by atoms with Gasteiger partial charge in [-0.25, -0.2) is 0 Å². The van der Waals surface area contributed by atoms with Crippen LogP contribution in [0.2, 0.25) is 0 Å². The Kier molecular flexibility index (Phi) is 5.66. The van der Waals surface area contributed by atoms with Crippen molar-refractivity contribution in [3.8, 4) is 0 Å². The highest BCUT2D eigenvalue weighted by Gasteiger charge is 2.08. The number of aliphatic carboxylic acids is 1. The molecule has 0 radical (unpaired) electrons. The molecular formula is C8H17NO3. The molecule has 0 unspecified atom stereocenters. The Hall–Kier alpha value is -0.610. The van der Waals surface area contributed by atoms with Crippen molar-refractivity contribution < 1.29 is 15.0 Å². The molecule has 0 aliphatic heterocycles. The van der Waals surface area contributed by atoms with E-state index >= 15 is 0 Å². The summed E-state index contributed by atoms with van der Waals surface area (Å²) in [4.78, 5) is 10.1. The molecule has 0 rings (SSSR count). The SMILES string of the molecule is C[C@H](O)[C@H](N)CCCCC(=O)O. The third kappa shape index (κ3) is 6.12. The van der Waals surface area contributed by atoms with Crippen molar-refractivity contribution >= 4 is 5.97 Å². The number of carboxylic acids is 1. The molecule has 4 N–H and O–H groups in total. The van der Waals surface area contributed by atoms with Gasteiger partial charge in [-0.2, -0.15) is 0 Å². The molecular weight excluding hydrogens is 158 g/mol. The number of carboxylic acid groups (broad SMARTS) is 1. The summed E-state index contributed by atoms with van der Waals surface area (Å²) >= 11 is 0. The number of rotatable bonds is 6. The van der Waals surface area contributed by atoms with E-state index in [4.69, 9.17) is 15.9 Å². The molecule has 0 saturated carbocycles. The summed E-state index contributed by atoms with van der Waals surface area (Å²) in [5.41, 5.74) is 5.54. The van der Waals surface area contributed by atoms with Crippen LogP contribution < -0.4 is 5.73 Å². The zero-order valence-electron chi connectivity index (χ0n) is 7.36. The van der Waals surface area contributed by atoms with Crippen molar-refractivity contribution in [3.05, 3.63) is 0 Å². The van der Waals surface area contributed by atoms with Crippen LogP contribution in [0.5, 0.6) is 0 Å². The number of unbranched alkanes of at least 4 members (excludes halogenated alkanes) is 1. The van der Waals surface area contributed by atoms with Crippen LogP contribution in [-0.2, 0) is 4.79 Å². The second-order valence-electron chi connectivity index (χ2n) is 3.04. The largest absolute Gasteiger partial charge is 0.481 e. The third-order valence-corrected chi connectivity index (χ3v) is 1.80. The van der Waals surface area contributed by atoms with Crippen LogP contribution in [-0.4, -0.2) is 28.3 Å². The second-order valence-corrected chi connectivity index (χ2v) is 3.04. The van der Waals surface area contributed by atoms with Gasteiger partial charge in [0.25, 0.3) is 0 Å². The van der Waals surface area contributed by atoms with E-state index in [1.165, 1.54) is 0 Å². The van der Waals surface area contributed by atoms with Gasteiger partial charge in [-0.05, 0) is 19.8 Å². The van der Waals surface area contributed by atoms with Crippen molar-refractivity contribution in [1.29, 1.82) is 0 Å². The maximum atomic E-state index is 10.1. The van der Waals surface area contributed by atoms with E-state index in [1.54, 1.807) is 6.92 Å². The predicted octanol–water partition coefficient (Wildman–Crippen LogP) is 0.339. The normalized spacial score (nSPS) is 15.6. The smallest absolute Gasteiger partial charge is 0.303 e. The molecule has 0 aromatic carbocycles. The number of aliphatic hydroxyl groups is 1. The minimum atomic E-state index is -0.777. The fraction of sp³-hybridized carbons (Fsp3) is 0.875. The molecule has 0 aliphatic carbocycles. The number of nitrogens with two attached hydrogens (primary N) is 1. The lowest BCUT2D eigenvalue weighted by Crippen LogP contribution is -2.32. The summed E-state index contributed by atoms with van der Waals surface area (Å²) < 4.78 is 0. The highest BCUT2D eigenvalue weighted by atomic mass is 16.4. The average Bonchev–Trinajstić information content (AvgIpc) is 1.97. The molecule has 0 spiro atoms. The summed E-state index contributed by atoms with van der Waals surface area (Å²) in [7, 11) is 0. The molecule has 4 nitrogen and oxygen atoms in total. The number of hydrogen-bond donors (Lipinski definition) is 3. The minimum absolute atomic E-state index is 0.187. The second kappa shape index (κ2) is 5.97. The first-order valence-electron chi connectivity index (χ1n) is 4.19. The lowest BCUT2D eigenvalue weighted by molar-refractivity contribution is -0.137. The molecule has 2 atom stereocenters. The van der Waals surface area contributed by atoms with E-state index in [1.807, 2.05) is 0 Å². The van der Waals surface area contributed by atoms with Crippen molar-refractivity contribution in [2.75, 3.05) is 0 Å². The van der Waals surface area contributed by atoms with Gasteiger partial charge in [0.15, 0.2) is 0 Å². The van der Waals surface area contributed by atoms with E-state index in [9.17, 15) is 4.79 Å². The van der Waals surface area contributed by atoms with E-state index in [2.05, 4.69) is 0 Å². The average molecular weight is 175 g/mol. The van der Waals surface area contributed by atoms with Crippen LogP contribution in [0.1, 0.15) is 32.6 Å². The van der Waals surface area contributed by atoms with Gasteiger partial charge < -0.3 is 15.9 Å². The molecule has 0 aromatic rings. The van der Waals surface area contributed by atoms with Gasteiger partial charge in [0.2, 0.25) is 0 Å². The van der Waals surface area contributed by atoms with Gasteiger partial charge in [0.05, 0.1) is 6.10 Å². The monoisotopic (exact) mass is 175 g/mol. The first-order valence-corrected chi connectivity index (χ1v) is 4.19. The molecule has 0 amide bonds. The van der Waals surface area contributed by atoms with Gasteiger partial charge in [-0.15, -0.1) is 0 Å². The van der Waals surface area contributed by atoms with Crippen molar-refractivity contribution in [2.45, 2.75) is 44.8 Å². The zero-order valence-corrected chi connectivity index (χ0v) is 7.36. The molecule has 0 aromatic heterocycles. The molecule has 0 saturated heterocycles. The maximum absolute atomic E-state index is 10.1. The first kappa shape index (κ1) is 11.4. The third-order valence-electron chi connectivity index (χ3n) is 1.80. The van der Waals surface area contributed by atoms with Gasteiger partial charge in [0.1, 0.15) is 0 Å². The van der Waals surface area contributed by atoms with E-state index < -0.39 is 12.1 Å².